The lowest BCUT2D eigenvalue weighted by Crippen LogP contribution is -1.91. The number of nitrogens with zero attached hydrogens (tertiary/aromatic N) is 2. The van der Waals surface area contributed by atoms with Crippen molar-refractivity contribution in [2.75, 3.05) is 19.4 Å². The summed E-state index contributed by atoms with van der Waals surface area (Å²) in [5.41, 5.74) is 1.80. The van der Waals surface area contributed by atoms with Crippen LogP contribution < -0.4 is 10.1 Å². The Balaban J connectivity index is 1.95. The predicted molar refractivity (Wildman–Crippen MR) is 73.3 cm³/mol. The highest BCUT2D eigenvalue weighted by Gasteiger charge is 2.09. The third-order valence-corrected chi connectivity index (χ3v) is 2.74. The fraction of sp³-hybridized carbons (Fsp3) is 0.143. The lowest BCUT2D eigenvalue weighted by Gasteiger charge is -1.98. The smallest absolute Gasteiger partial charge is 0.228 e. The van der Waals surface area contributed by atoms with Gasteiger partial charge >= 0.3 is 0 Å². The van der Waals surface area contributed by atoms with Crippen molar-refractivity contribution in [1.82, 2.24) is 9.97 Å². The molecule has 3 rings (SSSR count). The fourth-order valence-electron chi connectivity index (χ4n) is 1.76. The van der Waals surface area contributed by atoms with Crippen LogP contribution in [-0.4, -0.2) is 24.1 Å². The standard InChI is InChI=1S/C14H13N3O2/c1-15-13-6-3-9(8-16-13)14-17-11-5-4-10(18-2)7-12(11)19-14/h3-8H,1-2H3,(H,15,16)/i2T3. The number of fused-ring (bicyclic) bond motifs is 1. The van der Waals surface area contributed by atoms with E-state index in [1.54, 1.807) is 25.4 Å². The number of benzene rings is 1. The number of rotatable bonds is 3. The Hall–Kier alpha value is -2.56. The van der Waals surface area contributed by atoms with Gasteiger partial charge in [-0.05, 0) is 24.3 Å². The van der Waals surface area contributed by atoms with Crippen LogP contribution in [0.5, 0.6) is 5.75 Å². The molecule has 0 unspecified atom stereocenters. The first-order valence-electron chi connectivity index (χ1n) is 7.18. The van der Waals surface area contributed by atoms with Gasteiger partial charge < -0.3 is 14.5 Å². The molecule has 5 heteroatoms. The lowest BCUT2D eigenvalue weighted by atomic mass is 10.3. The molecule has 5 nitrogen and oxygen atoms in total. The Morgan fingerprint density at radius 3 is 3.00 bits per heavy atom. The molecule has 0 aliphatic carbocycles. The summed E-state index contributed by atoms with van der Waals surface area (Å²) in [5.74, 6) is 1.36. The van der Waals surface area contributed by atoms with E-state index in [4.69, 9.17) is 13.3 Å². The second kappa shape index (κ2) is 4.61. The third kappa shape index (κ3) is 2.10. The Labute approximate surface area is 114 Å². The number of nitrogens with one attached hydrogen (secondary N) is 1. The minimum Gasteiger partial charge on any atom is -0.497 e. The highest BCUT2D eigenvalue weighted by atomic mass is 16.5. The second-order valence-electron chi connectivity index (χ2n) is 3.93. The molecular formula is C14H13N3O2. The maximum absolute atomic E-state index is 7.11. The van der Waals surface area contributed by atoms with Gasteiger partial charge in [0.05, 0.1) is 16.7 Å². The molecule has 0 aliphatic heterocycles. The zero-order valence-electron chi connectivity index (χ0n) is 13.2. The summed E-state index contributed by atoms with van der Waals surface area (Å²) in [5, 5.41) is 2.93. The Bertz CT molecular complexity index is 797. The number of ether oxygens (including phenoxy) is 1. The summed E-state index contributed by atoms with van der Waals surface area (Å²) < 4.78 is 31.8. The van der Waals surface area contributed by atoms with Crippen LogP contribution in [0.2, 0.25) is 0 Å². The first kappa shape index (κ1) is 8.53. The first-order chi connectivity index (χ1) is 10.4. The van der Waals surface area contributed by atoms with Gasteiger partial charge in [-0.2, -0.15) is 0 Å². The number of methoxy groups -OCH3 is 1. The Morgan fingerprint density at radius 2 is 2.26 bits per heavy atom. The summed E-state index contributed by atoms with van der Waals surface area (Å²) in [4.78, 5) is 8.55. The van der Waals surface area contributed by atoms with Gasteiger partial charge in [0, 0.05) is 19.3 Å². The molecule has 19 heavy (non-hydrogen) atoms. The van der Waals surface area contributed by atoms with Crippen molar-refractivity contribution in [3.63, 3.8) is 0 Å². The first-order valence-corrected chi connectivity index (χ1v) is 5.68. The average Bonchev–Trinajstić information content (AvgIpc) is 2.89. The van der Waals surface area contributed by atoms with Crippen LogP contribution in [0.15, 0.2) is 40.9 Å². The molecule has 3 aromatic rings. The van der Waals surface area contributed by atoms with Crippen LogP contribution in [0.4, 0.5) is 5.82 Å². The molecule has 0 saturated heterocycles. The average molecular weight is 261 g/mol. The van der Waals surface area contributed by atoms with Gasteiger partial charge in [-0.15, -0.1) is 0 Å². The lowest BCUT2D eigenvalue weighted by molar-refractivity contribution is 0.414. The maximum atomic E-state index is 7.11. The van der Waals surface area contributed by atoms with Gasteiger partial charge in [0.25, 0.3) is 0 Å². The monoisotopic (exact) mass is 261 g/mol. The van der Waals surface area contributed by atoms with Crippen LogP contribution in [0.3, 0.4) is 0 Å². The molecule has 2 heterocycles. The van der Waals surface area contributed by atoms with Crippen molar-refractivity contribution >= 4 is 16.9 Å². The fourth-order valence-corrected chi connectivity index (χ4v) is 1.76. The number of anilines is 1. The van der Waals surface area contributed by atoms with Crippen molar-refractivity contribution in [3.05, 3.63) is 36.5 Å². The van der Waals surface area contributed by atoms with E-state index in [9.17, 15) is 0 Å². The van der Waals surface area contributed by atoms with Crippen LogP contribution in [0, 0.1) is 0 Å². The largest absolute Gasteiger partial charge is 0.497 e. The molecule has 0 saturated carbocycles. The molecular weight excluding hydrogens is 242 g/mol. The zero-order chi connectivity index (χ0) is 15.7. The van der Waals surface area contributed by atoms with Gasteiger partial charge in [0.1, 0.15) is 17.1 Å². The summed E-state index contributed by atoms with van der Waals surface area (Å²) in [6.45, 7) is 0. The molecule has 96 valence electrons. The van der Waals surface area contributed by atoms with Crippen molar-refractivity contribution in [3.8, 4) is 17.2 Å². The van der Waals surface area contributed by atoms with Gasteiger partial charge in [0.15, 0.2) is 5.58 Å². The molecule has 2 aromatic heterocycles. The third-order valence-electron chi connectivity index (χ3n) is 2.74. The number of hydrogen-bond donors (Lipinski definition) is 1. The molecule has 1 N–H and O–H groups in total. The minimum absolute atomic E-state index is 0.207. The zero-order valence-corrected chi connectivity index (χ0v) is 10.2. The summed E-state index contributed by atoms with van der Waals surface area (Å²) in [6.07, 6.45) is 1.65. The van der Waals surface area contributed by atoms with Crippen LogP contribution in [0.25, 0.3) is 22.6 Å². The second-order valence-corrected chi connectivity index (χ2v) is 3.93. The Kier molecular flexibility index (Phi) is 2.07. The SMILES string of the molecule is [3H]C([3H])([3H])Oc1ccc2nc(-c3ccc(NC)nc3)oc2c1. The van der Waals surface area contributed by atoms with E-state index in [1.165, 1.54) is 6.07 Å². The van der Waals surface area contributed by atoms with E-state index >= 15 is 0 Å². The highest BCUT2D eigenvalue weighted by Crippen LogP contribution is 2.26. The van der Waals surface area contributed by atoms with E-state index < -0.39 is 7.04 Å². The van der Waals surface area contributed by atoms with Crippen molar-refractivity contribution < 1.29 is 13.3 Å². The van der Waals surface area contributed by atoms with Crippen LogP contribution >= 0.6 is 0 Å². The number of pyridine rings is 1. The molecule has 0 bridgehead atoms. The van der Waals surface area contributed by atoms with Crippen LogP contribution in [0.1, 0.15) is 4.11 Å². The van der Waals surface area contributed by atoms with E-state index in [2.05, 4.69) is 15.3 Å². The number of oxazole rings is 1. The van der Waals surface area contributed by atoms with Crippen molar-refractivity contribution in [2.45, 2.75) is 0 Å². The number of aromatic nitrogens is 2. The molecule has 0 fully saturated rings. The van der Waals surface area contributed by atoms with E-state index in [0.717, 1.165) is 11.4 Å². The minimum atomic E-state index is -2.50. The molecule has 0 atom stereocenters. The van der Waals surface area contributed by atoms with E-state index in [0.29, 0.717) is 17.0 Å². The van der Waals surface area contributed by atoms with Gasteiger partial charge in [-0.25, -0.2) is 9.97 Å². The molecule has 0 aliphatic rings. The van der Waals surface area contributed by atoms with Crippen LogP contribution in [-0.2, 0) is 0 Å². The van der Waals surface area contributed by atoms with Gasteiger partial charge in [-0.1, -0.05) is 0 Å². The Morgan fingerprint density at radius 1 is 1.32 bits per heavy atom. The maximum Gasteiger partial charge on any atom is 0.228 e. The van der Waals surface area contributed by atoms with Gasteiger partial charge in [-0.3, -0.25) is 0 Å². The normalized spacial score (nSPS) is 13.6. The molecule has 0 radical (unpaired) electrons. The van der Waals surface area contributed by atoms with E-state index in [-0.39, 0.29) is 5.75 Å². The van der Waals surface area contributed by atoms with Crippen molar-refractivity contribution in [1.29, 1.82) is 0 Å². The number of hydrogen-bond acceptors (Lipinski definition) is 5. The summed E-state index contributed by atoms with van der Waals surface area (Å²) >= 11 is 0. The quantitative estimate of drug-likeness (QED) is 0.785. The molecule has 0 spiro atoms. The van der Waals surface area contributed by atoms with Crippen molar-refractivity contribution in [2.24, 2.45) is 0 Å². The summed E-state index contributed by atoms with van der Waals surface area (Å²) in [6, 6.07) is 8.35. The topological polar surface area (TPSA) is 60.2 Å². The van der Waals surface area contributed by atoms with Gasteiger partial charge in [0.2, 0.25) is 5.89 Å². The van der Waals surface area contributed by atoms with E-state index in [1.807, 2.05) is 12.1 Å². The summed E-state index contributed by atoms with van der Waals surface area (Å²) in [7, 11) is -0.711. The molecule has 0 amide bonds. The predicted octanol–water partition coefficient (Wildman–Crippen LogP) is 2.94. The highest BCUT2D eigenvalue weighted by molar-refractivity contribution is 5.77. The molecule has 1 aromatic carbocycles.